The normalized spacial score (nSPS) is 11.4. The summed E-state index contributed by atoms with van der Waals surface area (Å²) in [5, 5.41) is 14.8. The quantitative estimate of drug-likeness (QED) is 0.496. The number of amides is 1. The molecule has 0 saturated carbocycles. The number of ether oxygens (including phenoxy) is 1. The van der Waals surface area contributed by atoms with Crippen LogP contribution in [-0.4, -0.2) is 44.1 Å². The number of carboxylic acid groups (broad SMARTS) is 1. The van der Waals surface area contributed by atoms with Crippen LogP contribution in [0.4, 0.5) is 27.6 Å². The number of alkyl halides is 3. The standard InChI is InChI=1S/C20H15F5N4O5/c1-2-28-16(18(31)32)27-29(19(28)33)10-6-7-11(14(8-10)34-9-20(23,24)25)17(30)26-15-12(21)4-3-5-13(15)22/h3-8H,2,9H2,1H3,(H,26,30)(H,31,32). The van der Waals surface area contributed by atoms with Crippen LogP contribution in [0.3, 0.4) is 0 Å². The third-order valence-electron chi connectivity index (χ3n) is 4.42. The van der Waals surface area contributed by atoms with Crippen LogP contribution in [0.15, 0.2) is 41.2 Å². The van der Waals surface area contributed by atoms with Gasteiger partial charge >= 0.3 is 17.8 Å². The summed E-state index contributed by atoms with van der Waals surface area (Å²) in [4.78, 5) is 36.4. The number of carboxylic acids is 1. The molecule has 0 bridgehead atoms. The number of anilines is 1. The van der Waals surface area contributed by atoms with Crippen LogP contribution in [0.2, 0.25) is 0 Å². The van der Waals surface area contributed by atoms with Crippen molar-refractivity contribution < 1.29 is 41.4 Å². The number of hydrogen-bond acceptors (Lipinski definition) is 5. The largest absolute Gasteiger partial charge is 0.483 e. The number of para-hydroxylation sites is 1. The average Bonchev–Trinajstić information content (AvgIpc) is 3.10. The summed E-state index contributed by atoms with van der Waals surface area (Å²) < 4.78 is 72.1. The molecule has 0 aliphatic carbocycles. The molecule has 34 heavy (non-hydrogen) atoms. The van der Waals surface area contributed by atoms with Crippen LogP contribution in [0.1, 0.15) is 27.9 Å². The smallest absolute Gasteiger partial charge is 0.422 e. The molecule has 0 radical (unpaired) electrons. The van der Waals surface area contributed by atoms with Gasteiger partial charge in [-0.3, -0.25) is 9.36 Å². The van der Waals surface area contributed by atoms with Crippen molar-refractivity contribution in [2.24, 2.45) is 0 Å². The maximum Gasteiger partial charge on any atom is 0.422 e. The minimum absolute atomic E-state index is 0.0629. The molecule has 3 rings (SSSR count). The van der Waals surface area contributed by atoms with Crippen LogP contribution >= 0.6 is 0 Å². The van der Waals surface area contributed by atoms with Gasteiger partial charge in [-0.05, 0) is 31.2 Å². The molecular weight excluding hydrogens is 471 g/mol. The summed E-state index contributed by atoms with van der Waals surface area (Å²) in [6.45, 7) is -0.414. The number of carbonyl (C=O) groups excluding carboxylic acids is 1. The molecular formula is C20H15F5N4O5. The third-order valence-corrected chi connectivity index (χ3v) is 4.42. The van der Waals surface area contributed by atoms with Crippen molar-refractivity contribution in [2.45, 2.75) is 19.6 Å². The number of benzene rings is 2. The van der Waals surface area contributed by atoms with E-state index in [1.165, 1.54) is 6.92 Å². The fraction of sp³-hybridized carbons (Fsp3) is 0.200. The summed E-state index contributed by atoms with van der Waals surface area (Å²) in [6.07, 6.45) is -4.81. The Hall–Kier alpha value is -4.23. The summed E-state index contributed by atoms with van der Waals surface area (Å²) in [5.74, 6) is -6.29. The second-order valence-corrected chi connectivity index (χ2v) is 6.70. The van der Waals surface area contributed by atoms with E-state index in [2.05, 4.69) is 5.10 Å². The SMILES string of the molecule is CCn1c(C(=O)O)nn(-c2ccc(C(=O)Nc3c(F)cccc3F)c(OCC(F)(F)F)c2)c1=O. The van der Waals surface area contributed by atoms with Gasteiger partial charge in [0.15, 0.2) is 6.61 Å². The van der Waals surface area contributed by atoms with Crippen molar-refractivity contribution in [1.82, 2.24) is 14.3 Å². The van der Waals surface area contributed by atoms with Crippen LogP contribution in [0, 0.1) is 11.6 Å². The van der Waals surface area contributed by atoms with Crippen molar-refractivity contribution in [1.29, 1.82) is 0 Å². The minimum Gasteiger partial charge on any atom is -0.483 e. The Bertz CT molecular complexity index is 1300. The van der Waals surface area contributed by atoms with Gasteiger partial charge in [0.1, 0.15) is 23.1 Å². The predicted octanol–water partition coefficient (Wildman–Crippen LogP) is 3.22. The van der Waals surface area contributed by atoms with Crippen LogP contribution in [0.25, 0.3) is 5.69 Å². The lowest BCUT2D eigenvalue weighted by atomic mass is 10.1. The number of carbonyl (C=O) groups is 2. The lowest BCUT2D eigenvalue weighted by Gasteiger charge is -2.15. The predicted molar refractivity (Wildman–Crippen MR) is 106 cm³/mol. The average molecular weight is 486 g/mol. The molecule has 2 N–H and O–H groups in total. The van der Waals surface area contributed by atoms with E-state index < -0.39 is 64.8 Å². The monoisotopic (exact) mass is 486 g/mol. The zero-order valence-electron chi connectivity index (χ0n) is 17.2. The Kier molecular flexibility index (Phi) is 6.70. The van der Waals surface area contributed by atoms with E-state index in [-0.39, 0.29) is 12.2 Å². The molecule has 0 aliphatic heterocycles. The van der Waals surface area contributed by atoms with Gasteiger partial charge in [0, 0.05) is 12.6 Å². The van der Waals surface area contributed by atoms with Crippen LogP contribution in [-0.2, 0) is 6.54 Å². The van der Waals surface area contributed by atoms with E-state index in [0.717, 1.165) is 41.0 Å². The van der Waals surface area contributed by atoms with Crippen molar-refractivity contribution in [3.8, 4) is 11.4 Å². The highest BCUT2D eigenvalue weighted by Crippen LogP contribution is 2.27. The van der Waals surface area contributed by atoms with E-state index in [0.29, 0.717) is 4.68 Å². The van der Waals surface area contributed by atoms with Gasteiger partial charge in [-0.25, -0.2) is 18.4 Å². The Morgan fingerprint density at radius 2 is 1.79 bits per heavy atom. The van der Waals surface area contributed by atoms with E-state index in [4.69, 9.17) is 4.74 Å². The van der Waals surface area contributed by atoms with Crippen molar-refractivity contribution in [3.63, 3.8) is 0 Å². The number of aromatic nitrogens is 3. The highest BCUT2D eigenvalue weighted by atomic mass is 19.4. The van der Waals surface area contributed by atoms with Gasteiger partial charge < -0.3 is 15.2 Å². The van der Waals surface area contributed by atoms with Gasteiger partial charge in [-0.2, -0.15) is 17.9 Å². The molecule has 180 valence electrons. The van der Waals surface area contributed by atoms with Gasteiger partial charge in [-0.15, -0.1) is 5.10 Å². The highest BCUT2D eigenvalue weighted by molar-refractivity contribution is 6.06. The van der Waals surface area contributed by atoms with E-state index in [9.17, 15) is 41.4 Å². The van der Waals surface area contributed by atoms with Crippen molar-refractivity contribution in [3.05, 3.63) is 69.9 Å². The molecule has 3 aromatic rings. The molecule has 0 unspecified atom stereocenters. The zero-order valence-corrected chi connectivity index (χ0v) is 17.2. The second-order valence-electron chi connectivity index (χ2n) is 6.70. The first-order valence-corrected chi connectivity index (χ1v) is 9.45. The van der Waals surface area contributed by atoms with Gasteiger partial charge in [-0.1, -0.05) is 6.07 Å². The zero-order chi connectivity index (χ0) is 25.2. The van der Waals surface area contributed by atoms with Gasteiger partial charge in [0.05, 0.1) is 11.3 Å². The van der Waals surface area contributed by atoms with Crippen molar-refractivity contribution >= 4 is 17.6 Å². The second kappa shape index (κ2) is 9.33. The molecule has 1 amide bonds. The lowest BCUT2D eigenvalue weighted by Crippen LogP contribution is -2.25. The Labute approximate surface area is 187 Å². The van der Waals surface area contributed by atoms with Gasteiger partial charge in [0.25, 0.3) is 5.91 Å². The van der Waals surface area contributed by atoms with E-state index >= 15 is 0 Å². The molecule has 0 fully saturated rings. The van der Waals surface area contributed by atoms with Crippen LogP contribution in [0.5, 0.6) is 5.75 Å². The minimum atomic E-state index is -4.81. The van der Waals surface area contributed by atoms with E-state index in [1.807, 2.05) is 5.32 Å². The summed E-state index contributed by atoms with van der Waals surface area (Å²) in [6, 6.07) is 5.63. The fourth-order valence-corrected chi connectivity index (χ4v) is 2.92. The van der Waals surface area contributed by atoms with E-state index in [1.54, 1.807) is 0 Å². The molecule has 14 heteroatoms. The molecule has 0 atom stereocenters. The first-order chi connectivity index (χ1) is 15.9. The number of nitrogens with one attached hydrogen (secondary N) is 1. The molecule has 0 saturated heterocycles. The fourth-order valence-electron chi connectivity index (χ4n) is 2.92. The number of halogens is 5. The Morgan fingerprint density at radius 1 is 1.15 bits per heavy atom. The number of nitrogens with zero attached hydrogens (tertiary/aromatic N) is 3. The molecule has 1 heterocycles. The maximum atomic E-state index is 13.9. The summed E-state index contributed by atoms with van der Waals surface area (Å²) in [7, 11) is 0. The Balaban J connectivity index is 2.07. The molecule has 2 aromatic carbocycles. The summed E-state index contributed by atoms with van der Waals surface area (Å²) >= 11 is 0. The molecule has 9 nitrogen and oxygen atoms in total. The van der Waals surface area contributed by atoms with Crippen LogP contribution < -0.4 is 15.7 Å². The Morgan fingerprint density at radius 3 is 2.32 bits per heavy atom. The first-order valence-electron chi connectivity index (χ1n) is 9.45. The maximum absolute atomic E-state index is 13.9. The third kappa shape index (κ3) is 5.05. The molecule has 0 aliphatic rings. The molecule has 1 aromatic heterocycles. The molecule has 0 spiro atoms. The number of hydrogen-bond donors (Lipinski definition) is 2. The van der Waals surface area contributed by atoms with Gasteiger partial charge in [0.2, 0.25) is 5.82 Å². The first kappa shape index (κ1) is 24.4. The topological polar surface area (TPSA) is 115 Å². The highest BCUT2D eigenvalue weighted by Gasteiger charge is 2.30. The van der Waals surface area contributed by atoms with Crippen molar-refractivity contribution in [2.75, 3.05) is 11.9 Å². The summed E-state index contributed by atoms with van der Waals surface area (Å²) in [5.41, 5.74) is -2.50. The number of aromatic carboxylic acids is 1. The lowest BCUT2D eigenvalue weighted by molar-refractivity contribution is -0.153. The number of rotatable bonds is 7.